The Hall–Kier alpha value is -3.19. The Labute approximate surface area is 176 Å². The van der Waals surface area contributed by atoms with Gasteiger partial charge in [-0.1, -0.05) is 54.6 Å². The van der Waals surface area contributed by atoms with Gasteiger partial charge < -0.3 is 21.7 Å². The predicted molar refractivity (Wildman–Crippen MR) is 117 cm³/mol. The minimum Gasteiger partial charge on any atom is -0.384 e. The molecule has 0 radical (unpaired) electrons. The molecule has 1 heterocycles. The zero-order valence-corrected chi connectivity index (χ0v) is 17.2. The van der Waals surface area contributed by atoms with Gasteiger partial charge in [-0.05, 0) is 43.4 Å². The van der Waals surface area contributed by atoms with Crippen molar-refractivity contribution in [2.45, 2.75) is 38.4 Å². The van der Waals surface area contributed by atoms with Crippen molar-refractivity contribution in [1.29, 1.82) is 5.41 Å². The third-order valence-corrected chi connectivity index (χ3v) is 5.39. The van der Waals surface area contributed by atoms with E-state index >= 15 is 0 Å². The van der Waals surface area contributed by atoms with Crippen LogP contribution in [-0.4, -0.2) is 36.3 Å². The number of amides is 2. The summed E-state index contributed by atoms with van der Waals surface area (Å²) in [6.45, 7) is 2.82. The molecule has 2 aromatic carbocycles. The molecule has 1 aliphatic rings. The number of nitrogens with one attached hydrogen (secondary N) is 4. The second kappa shape index (κ2) is 10.0. The molecule has 6 N–H and O–H groups in total. The second-order valence-electron chi connectivity index (χ2n) is 7.81. The van der Waals surface area contributed by atoms with Crippen LogP contribution < -0.4 is 21.7 Å². The summed E-state index contributed by atoms with van der Waals surface area (Å²) in [4.78, 5) is 24.9. The van der Waals surface area contributed by atoms with Crippen LogP contribution in [0, 0.1) is 11.3 Å². The summed E-state index contributed by atoms with van der Waals surface area (Å²) in [6, 6.07) is 16.5. The van der Waals surface area contributed by atoms with E-state index in [1.54, 1.807) is 19.1 Å². The highest BCUT2D eigenvalue weighted by Crippen LogP contribution is 2.19. The maximum absolute atomic E-state index is 12.5. The Morgan fingerprint density at radius 3 is 2.50 bits per heavy atom. The smallest absolute Gasteiger partial charge is 0.242 e. The van der Waals surface area contributed by atoms with Gasteiger partial charge in [-0.3, -0.25) is 15.0 Å². The first-order valence-corrected chi connectivity index (χ1v) is 10.2. The molecule has 2 amide bonds. The third kappa shape index (κ3) is 5.90. The van der Waals surface area contributed by atoms with Crippen LogP contribution in [0.25, 0.3) is 0 Å². The highest BCUT2D eigenvalue weighted by molar-refractivity contribution is 5.95. The Kier molecular flexibility index (Phi) is 7.19. The van der Waals surface area contributed by atoms with Crippen molar-refractivity contribution in [3.8, 4) is 0 Å². The quantitative estimate of drug-likeness (QED) is 0.335. The SMILES string of the molecule is C[C@H](NC(=O)[C@H]1C[C@@H](Cc2ccccc2)CN1)C(=O)NCc1ccc(C(=N)N)cc1. The topological polar surface area (TPSA) is 120 Å². The van der Waals surface area contributed by atoms with Crippen LogP contribution in [0.4, 0.5) is 0 Å². The third-order valence-electron chi connectivity index (χ3n) is 5.39. The minimum atomic E-state index is -0.621. The minimum absolute atomic E-state index is 0.00782. The number of carbonyl (C=O) groups is 2. The molecule has 158 valence electrons. The number of hydrogen-bond acceptors (Lipinski definition) is 4. The van der Waals surface area contributed by atoms with Crippen molar-refractivity contribution >= 4 is 17.6 Å². The average molecular weight is 408 g/mol. The number of carbonyl (C=O) groups excluding carboxylic acids is 2. The van der Waals surface area contributed by atoms with E-state index in [1.807, 2.05) is 30.3 Å². The van der Waals surface area contributed by atoms with Crippen LogP contribution in [0.5, 0.6) is 0 Å². The molecule has 0 saturated carbocycles. The lowest BCUT2D eigenvalue weighted by atomic mass is 9.96. The molecule has 3 rings (SSSR count). The lowest BCUT2D eigenvalue weighted by Crippen LogP contribution is -2.49. The van der Waals surface area contributed by atoms with Gasteiger partial charge in [0.05, 0.1) is 6.04 Å². The fraction of sp³-hybridized carbons (Fsp3) is 0.348. The summed E-state index contributed by atoms with van der Waals surface area (Å²) >= 11 is 0. The van der Waals surface area contributed by atoms with Gasteiger partial charge in [0.25, 0.3) is 0 Å². The van der Waals surface area contributed by atoms with E-state index in [4.69, 9.17) is 11.1 Å². The van der Waals surface area contributed by atoms with Crippen LogP contribution in [0.1, 0.15) is 30.0 Å². The fourth-order valence-corrected chi connectivity index (χ4v) is 3.64. The van der Waals surface area contributed by atoms with Gasteiger partial charge in [-0.2, -0.15) is 0 Å². The summed E-state index contributed by atoms with van der Waals surface area (Å²) in [5, 5.41) is 16.3. The van der Waals surface area contributed by atoms with Crippen LogP contribution >= 0.6 is 0 Å². The summed E-state index contributed by atoms with van der Waals surface area (Å²) in [5.74, 6) is 0.0376. The van der Waals surface area contributed by atoms with E-state index in [0.717, 1.165) is 24.9 Å². The van der Waals surface area contributed by atoms with E-state index in [1.165, 1.54) is 5.56 Å². The number of nitrogen functional groups attached to an aromatic ring is 1. The van der Waals surface area contributed by atoms with Gasteiger partial charge in [0.15, 0.2) is 0 Å². The molecule has 1 saturated heterocycles. The molecule has 30 heavy (non-hydrogen) atoms. The molecule has 3 atom stereocenters. The number of amidine groups is 1. The van der Waals surface area contributed by atoms with E-state index in [9.17, 15) is 9.59 Å². The molecule has 1 fully saturated rings. The normalized spacial score (nSPS) is 19.1. The molecule has 7 nitrogen and oxygen atoms in total. The number of rotatable bonds is 8. The van der Waals surface area contributed by atoms with E-state index in [-0.39, 0.29) is 23.7 Å². The zero-order chi connectivity index (χ0) is 21.5. The molecule has 0 aromatic heterocycles. The van der Waals surface area contributed by atoms with Crippen molar-refractivity contribution in [3.63, 3.8) is 0 Å². The lowest BCUT2D eigenvalue weighted by Gasteiger charge is -2.17. The maximum Gasteiger partial charge on any atom is 0.242 e. The Balaban J connectivity index is 1.42. The molecule has 0 unspecified atom stereocenters. The van der Waals surface area contributed by atoms with Crippen molar-refractivity contribution < 1.29 is 9.59 Å². The summed E-state index contributed by atoms with van der Waals surface area (Å²) in [5.41, 5.74) is 8.25. The number of hydrogen-bond donors (Lipinski definition) is 5. The number of nitrogens with two attached hydrogens (primary N) is 1. The summed E-state index contributed by atoms with van der Waals surface area (Å²) in [6.07, 6.45) is 1.70. The van der Waals surface area contributed by atoms with Crippen molar-refractivity contribution in [2.24, 2.45) is 11.7 Å². The summed E-state index contributed by atoms with van der Waals surface area (Å²) < 4.78 is 0. The van der Waals surface area contributed by atoms with Crippen molar-refractivity contribution in [3.05, 3.63) is 71.3 Å². The van der Waals surface area contributed by atoms with Crippen molar-refractivity contribution in [1.82, 2.24) is 16.0 Å². The Morgan fingerprint density at radius 2 is 1.83 bits per heavy atom. The standard InChI is InChI=1S/C23H29N5O2/c1-15(22(29)27-13-17-7-9-19(10-8-17)21(24)25)28-23(30)20-12-18(14-26-20)11-16-5-3-2-4-6-16/h2-10,15,18,20,26H,11-14H2,1H3,(H3,24,25)(H,27,29)(H,28,30)/t15-,18+,20+/m0/s1. The van der Waals surface area contributed by atoms with Crippen LogP contribution in [-0.2, 0) is 22.6 Å². The second-order valence-corrected chi connectivity index (χ2v) is 7.81. The first-order valence-electron chi connectivity index (χ1n) is 10.2. The van der Waals surface area contributed by atoms with Gasteiger partial charge in [0.1, 0.15) is 11.9 Å². The van der Waals surface area contributed by atoms with Gasteiger partial charge in [0.2, 0.25) is 11.8 Å². The maximum atomic E-state index is 12.5. The van der Waals surface area contributed by atoms with E-state index in [2.05, 4.69) is 28.1 Å². The molecule has 0 bridgehead atoms. The van der Waals surface area contributed by atoms with Gasteiger partial charge in [0, 0.05) is 12.1 Å². The lowest BCUT2D eigenvalue weighted by molar-refractivity contribution is -0.129. The molecule has 0 aliphatic carbocycles. The van der Waals surface area contributed by atoms with Crippen LogP contribution in [0.2, 0.25) is 0 Å². The predicted octanol–water partition coefficient (Wildman–Crippen LogP) is 1.31. The van der Waals surface area contributed by atoms with Gasteiger partial charge in [-0.25, -0.2) is 0 Å². The fourth-order valence-electron chi connectivity index (χ4n) is 3.64. The van der Waals surface area contributed by atoms with Crippen LogP contribution in [0.15, 0.2) is 54.6 Å². The highest BCUT2D eigenvalue weighted by atomic mass is 16.2. The zero-order valence-electron chi connectivity index (χ0n) is 17.2. The summed E-state index contributed by atoms with van der Waals surface area (Å²) in [7, 11) is 0. The molecule has 7 heteroatoms. The van der Waals surface area contributed by atoms with E-state index < -0.39 is 6.04 Å². The van der Waals surface area contributed by atoms with E-state index in [0.29, 0.717) is 18.0 Å². The molecular weight excluding hydrogens is 378 g/mol. The molecule has 1 aliphatic heterocycles. The number of benzene rings is 2. The van der Waals surface area contributed by atoms with Crippen molar-refractivity contribution in [2.75, 3.05) is 6.54 Å². The first kappa shape index (κ1) is 21.5. The molecular formula is C23H29N5O2. The average Bonchev–Trinajstić information content (AvgIpc) is 3.21. The van der Waals surface area contributed by atoms with Gasteiger partial charge in [-0.15, -0.1) is 0 Å². The van der Waals surface area contributed by atoms with Gasteiger partial charge >= 0.3 is 0 Å². The largest absolute Gasteiger partial charge is 0.384 e. The molecule has 2 aromatic rings. The Bertz CT molecular complexity index is 882. The highest BCUT2D eigenvalue weighted by Gasteiger charge is 2.30. The Morgan fingerprint density at radius 1 is 1.13 bits per heavy atom. The molecule has 0 spiro atoms. The first-order chi connectivity index (χ1) is 14.4. The monoisotopic (exact) mass is 407 g/mol. The van der Waals surface area contributed by atoms with Crippen LogP contribution in [0.3, 0.4) is 0 Å².